The minimum atomic E-state index is -0.225. The van der Waals surface area contributed by atoms with Crippen LogP contribution in [0.3, 0.4) is 0 Å². The van der Waals surface area contributed by atoms with Gasteiger partial charge in [0.05, 0.1) is 5.70 Å². The Morgan fingerprint density at radius 3 is 2.00 bits per heavy atom. The third-order valence-corrected chi connectivity index (χ3v) is 2.38. The third-order valence-electron chi connectivity index (χ3n) is 1.64. The summed E-state index contributed by atoms with van der Waals surface area (Å²) in [6.07, 6.45) is 2.50. The van der Waals surface area contributed by atoms with E-state index in [1.165, 1.54) is 11.8 Å². The number of nitrogens with one attached hydrogen (secondary N) is 1. The molecular weight excluding hydrogens is 246 g/mol. The van der Waals surface area contributed by atoms with Gasteiger partial charge in [-0.3, -0.25) is 9.59 Å². The van der Waals surface area contributed by atoms with Crippen molar-refractivity contribution in [3.05, 3.63) is 42.6 Å². The predicted octanol–water partition coefficient (Wildman–Crippen LogP) is 3.27. The molecule has 1 aromatic rings. The summed E-state index contributed by atoms with van der Waals surface area (Å²) in [5, 5.41) is 2.12. The minimum Gasteiger partial charge on any atom is -0.326 e. The number of carbonyl (C=O) groups excluding carboxylic acids is 2. The number of rotatable bonds is 4. The van der Waals surface area contributed by atoms with E-state index in [9.17, 15) is 9.59 Å². The molecule has 1 aromatic carbocycles. The van der Waals surface area contributed by atoms with E-state index in [0.29, 0.717) is 6.41 Å². The Kier molecular flexibility index (Phi) is 14.1. The molecule has 0 saturated heterocycles. The molecule has 0 saturated carbocycles. The van der Waals surface area contributed by atoms with Gasteiger partial charge >= 0.3 is 0 Å². The Morgan fingerprint density at radius 1 is 1.28 bits per heavy atom. The molecule has 1 N–H and O–H groups in total. The lowest BCUT2D eigenvalue weighted by Crippen LogP contribution is -2.14. The van der Waals surface area contributed by atoms with Crippen LogP contribution in [0.25, 0.3) is 0 Å². The van der Waals surface area contributed by atoms with Crippen LogP contribution in [0, 0.1) is 0 Å². The minimum absolute atomic E-state index is 0.125. The maximum absolute atomic E-state index is 10.2. The molecule has 1 rings (SSSR count). The van der Waals surface area contributed by atoms with Crippen molar-refractivity contribution in [2.75, 3.05) is 6.26 Å². The Morgan fingerprint density at radius 2 is 1.78 bits per heavy atom. The van der Waals surface area contributed by atoms with Gasteiger partial charge in [-0.1, -0.05) is 38.6 Å². The maximum Gasteiger partial charge on any atom is 0.211 e. The zero-order valence-electron chi connectivity index (χ0n) is 11.4. The highest BCUT2D eigenvalue weighted by molar-refractivity contribution is 7.98. The van der Waals surface area contributed by atoms with Gasteiger partial charge in [-0.15, -0.1) is 11.8 Å². The number of hydrogen-bond acceptors (Lipinski definition) is 3. The summed E-state index contributed by atoms with van der Waals surface area (Å²) in [4.78, 5) is 21.1. The summed E-state index contributed by atoms with van der Waals surface area (Å²) in [5.74, 6) is -0.225. The largest absolute Gasteiger partial charge is 0.326 e. The molecule has 0 aliphatic heterocycles. The van der Waals surface area contributed by atoms with Crippen LogP contribution in [-0.4, -0.2) is 18.4 Å². The lowest BCUT2D eigenvalue weighted by atomic mass is 10.4. The zero-order chi connectivity index (χ0) is 14.4. The molecule has 0 bridgehead atoms. The van der Waals surface area contributed by atoms with Gasteiger partial charge in [0.25, 0.3) is 0 Å². The number of hydrogen-bond donors (Lipinski definition) is 1. The first-order valence-corrected chi connectivity index (χ1v) is 6.83. The lowest BCUT2D eigenvalue weighted by molar-refractivity contribution is -0.116. The van der Waals surface area contributed by atoms with Gasteiger partial charge < -0.3 is 5.32 Å². The van der Waals surface area contributed by atoms with Crippen LogP contribution in [0.15, 0.2) is 47.5 Å². The van der Waals surface area contributed by atoms with E-state index in [4.69, 9.17) is 0 Å². The topological polar surface area (TPSA) is 46.2 Å². The van der Waals surface area contributed by atoms with Crippen LogP contribution in [0.4, 0.5) is 0 Å². The molecule has 4 heteroatoms. The van der Waals surface area contributed by atoms with E-state index in [0.717, 1.165) is 0 Å². The molecule has 0 atom stereocenters. The van der Waals surface area contributed by atoms with Crippen LogP contribution >= 0.6 is 11.8 Å². The zero-order valence-corrected chi connectivity index (χ0v) is 12.2. The number of allylic oxidation sites excluding steroid dienone is 1. The number of carbonyl (C=O) groups is 2. The van der Waals surface area contributed by atoms with Crippen molar-refractivity contribution in [3.63, 3.8) is 0 Å². The SMILES string of the molecule is C=C(NC=O)C(C)=O.CC.CSc1ccccc1. The molecular formula is C14H21NO2S. The van der Waals surface area contributed by atoms with Crippen LogP contribution in [0.5, 0.6) is 0 Å². The van der Waals surface area contributed by atoms with E-state index in [-0.39, 0.29) is 11.5 Å². The highest BCUT2D eigenvalue weighted by atomic mass is 32.2. The van der Waals surface area contributed by atoms with Gasteiger partial charge in [0.15, 0.2) is 5.78 Å². The normalized spacial score (nSPS) is 7.78. The predicted molar refractivity (Wildman–Crippen MR) is 78.6 cm³/mol. The quantitative estimate of drug-likeness (QED) is 0.517. The van der Waals surface area contributed by atoms with Gasteiger partial charge in [0.2, 0.25) is 6.41 Å². The van der Waals surface area contributed by atoms with E-state index in [2.05, 4.69) is 30.3 Å². The average Bonchev–Trinajstić information content (AvgIpc) is 2.43. The molecule has 0 aliphatic rings. The van der Waals surface area contributed by atoms with Gasteiger partial charge in [-0.05, 0) is 18.4 Å². The monoisotopic (exact) mass is 267 g/mol. The van der Waals surface area contributed by atoms with Crippen molar-refractivity contribution in [1.82, 2.24) is 5.32 Å². The number of Topliss-reactive ketones (excluding diaryl/α,β-unsaturated/α-hetero) is 1. The Bertz CT molecular complexity index is 350. The van der Waals surface area contributed by atoms with Gasteiger partial charge in [0, 0.05) is 11.8 Å². The lowest BCUT2D eigenvalue weighted by Gasteiger charge is -1.92. The molecule has 100 valence electrons. The molecule has 18 heavy (non-hydrogen) atoms. The van der Waals surface area contributed by atoms with E-state index in [1.54, 1.807) is 11.8 Å². The summed E-state index contributed by atoms with van der Waals surface area (Å²) < 4.78 is 0. The standard InChI is InChI=1S/C7H8S.C5H7NO2.C2H6/c1-8-7-5-3-2-4-6-7;1-4(5(2)8)6-3-7;1-2/h2-6H,1H3;3H,1H2,2H3,(H,6,7);1-2H3. The molecule has 0 spiro atoms. The summed E-state index contributed by atoms with van der Waals surface area (Å²) in [6.45, 7) is 8.58. The first-order valence-electron chi connectivity index (χ1n) is 5.61. The van der Waals surface area contributed by atoms with Crippen LogP contribution in [0.2, 0.25) is 0 Å². The molecule has 0 aromatic heterocycles. The fourth-order valence-electron chi connectivity index (χ4n) is 0.729. The maximum atomic E-state index is 10.2. The number of ketones is 1. The first kappa shape index (κ1) is 18.8. The third kappa shape index (κ3) is 11.0. The number of amides is 1. The van der Waals surface area contributed by atoms with Gasteiger partial charge in [-0.2, -0.15) is 0 Å². The van der Waals surface area contributed by atoms with E-state index in [1.807, 2.05) is 32.0 Å². The van der Waals surface area contributed by atoms with Crippen molar-refractivity contribution < 1.29 is 9.59 Å². The summed E-state index contributed by atoms with van der Waals surface area (Å²) in [5.41, 5.74) is 0.125. The van der Waals surface area contributed by atoms with Crippen molar-refractivity contribution in [2.45, 2.75) is 25.7 Å². The highest BCUT2D eigenvalue weighted by Gasteiger charge is 1.94. The molecule has 0 unspecified atom stereocenters. The highest BCUT2D eigenvalue weighted by Crippen LogP contribution is 2.11. The second-order valence-electron chi connectivity index (χ2n) is 2.81. The summed E-state index contributed by atoms with van der Waals surface area (Å²) in [6, 6.07) is 10.3. The summed E-state index contributed by atoms with van der Waals surface area (Å²) >= 11 is 1.77. The number of thioether (sulfide) groups is 1. The van der Waals surface area contributed by atoms with Crippen molar-refractivity contribution in [1.29, 1.82) is 0 Å². The van der Waals surface area contributed by atoms with E-state index < -0.39 is 0 Å². The first-order chi connectivity index (χ1) is 8.61. The molecule has 0 aliphatic carbocycles. The summed E-state index contributed by atoms with van der Waals surface area (Å²) in [7, 11) is 0. The van der Waals surface area contributed by atoms with Crippen LogP contribution in [-0.2, 0) is 9.59 Å². The van der Waals surface area contributed by atoms with Crippen LogP contribution in [0.1, 0.15) is 20.8 Å². The molecule has 0 fully saturated rings. The fraction of sp³-hybridized carbons (Fsp3) is 0.286. The van der Waals surface area contributed by atoms with Gasteiger partial charge in [0.1, 0.15) is 0 Å². The Labute approximate surface area is 114 Å². The molecule has 0 heterocycles. The molecule has 0 radical (unpaired) electrons. The van der Waals surface area contributed by atoms with E-state index >= 15 is 0 Å². The Hall–Kier alpha value is -1.55. The second-order valence-corrected chi connectivity index (χ2v) is 3.69. The smallest absolute Gasteiger partial charge is 0.211 e. The number of benzene rings is 1. The molecule has 3 nitrogen and oxygen atoms in total. The second kappa shape index (κ2) is 13.5. The van der Waals surface area contributed by atoms with Gasteiger partial charge in [-0.25, -0.2) is 0 Å². The Balaban J connectivity index is 0. The molecule has 1 amide bonds. The van der Waals surface area contributed by atoms with Crippen molar-refractivity contribution in [3.8, 4) is 0 Å². The van der Waals surface area contributed by atoms with Crippen LogP contribution < -0.4 is 5.32 Å². The van der Waals surface area contributed by atoms with Crippen molar-refractivity contribution >= 4 is 24.0 Å². The van der Waals surface area contributed by atoms with Crippen molar-refractivity contribution in [2.24, 2.45) is 0 Å². The fourth-order valence-corrected chi connectivity index (χ4v) is 1.16. The average molecular weight is 267 g/mol.